The molecular formula is C15H14BrNO3. The van der Waals surface area contributed by atoms with Crippen molar-refractivity contribution in [2.24, 2.45) is 0 Å². The molecule has 0 bridgehead atoms. The SMILES string of the molecule is CCOC(=O)c1ccc(Oc2ncc(C)cc2Br)cc1. The zero-order valence-electron chi connectivity index (χ0n) is 11.2. The highest BCUT2D eigenvalue weighted by Gasteiger charge is 2.08. The molecule has 1 heterocycles. The largest absolute Gasteiger partial charge is 0.462 e. The van der Waals surface area contributed by atoms with Gasteiger partial charge in [0, 0.05) is 6.20 Å². The molecule has 0 N–H and O–H groups in total. The number of nitrogens with zero attached hydrogens (tertiary/aromatic N) is 1. The molecule has 0 fully saturated rings. The number of aryl methyl sites for hydroxylation is 1. The molecule has 0 saturated heterocycles. The van der Waals surface area contributed by atoms with Crippen molar-refractivity contribution in [2.45, 2.75) is 13.8 Å². The number of ether oxygens (including phenoxy) is 2. The summed E-state index contributed by atoms with van der Waals surface area (Å²) in [6, 6.07) is 8.67. The van der Waals surface area contributed by atoms with E-state index in [1.807, 2.05) is 13.0 Å². The lowest BCUT2D eigenvalue weighted by atomic mass is 10.2. The Labute approximate surface area is 125 Å². The summed E-state index contributed by atoms with van der Waals surface area (Å²) in [6.45, 7) is 4.09. The van der Waals surface area contributed by atoms with Crippen molar-refractivity contribution in [3.05, 3.63) is 52.1 Å². The van der Waals surface area contributed by atoms with Crippen LogP contribution < -0.4 is 4.74 Å². The molecule has 0 saturated carbocycles. The van der Waals surface area contributed by atoms with Crippen LogP contribution >= 0.6 is 15.9 Å². The lowest BCUT2D eigenvalue weighted by molar-refractivity contribution is 0.0526. The number of aromatic nitrogens is 1. The Morgan fingerprint density at radius 1 is 1.30 bits per heavy atom. The maximum absolute atomic E-state index is 11.5. The molecule has 0 aliphatic carbocycles. The van der Waals surface area contributed by atoms with E-state index >= 15 is 0 Å². The van der Waals surface area contributed by atoms with Crippen LogP contribution in [0.1, 0.15) is 22.8 Å². The van der Waals surface area contributed by atoms with Crippen LogP contribution in [-0.4, -0.2) is 17.6 Å². The Morgan fingerprint density at radius 2 is 2.00 bits per heavy atom. The van der Waals surface area contributed by atoms with E-state index in [-0.39, 0.29) is 5.97 Å². The van der Waals surface area contributed by atoms with Gasteiger partial charge in [0.05, 0.1) is 16.6 Å². The second-order valence-corrected chi connectivity index (χ2v) is 5.00. The minimum Gasteiger partial charge on any atom is -0.462 e. The molecule has 1 aromatic carbocycles. The maximum atomic E-state index is 11.5. The first kappa shape index (κ1) is 14.5. The fourth-order valence-corrected chi connectivity index (χ4v) is 2.13. The first-order chi connectivity index (χ1) is 9.60. The van der Waals surface area contributed by atoms with Crippen LogP contribution in [0.5, 0.6) is 11.6 Å². The van der Waals surface area contributed by atoms with E-state index in [4.69, 9.17) is 9.47 Å². The molecule has 104 valence electrons. The molecule has 2 rings (SSSR count). The highest BCUT2D eigenvalue weighted by atomic mass is 79.9. The van der Waals surface area contributed by atoms with Crippen molar-refractivity contribution in [1.82, 2.24) is 4.98 Å². The van der Waals surface area contributed by atoms with Crippen molar-refractivity contribution >= 4 is 21.9 Å². The molecule has 5 heteroatoms. The molecule has 2 aromatic rings. The lowest BCUT2D eigenvalue weighted by Crippen LogP contribution is -2.04. The fourth-order valence-electron chi connectivity index (χ4n) is 1.58. The van der Waals surface area contributed by atoms with Crippen molar-refractivity contribution in [3.63, 3.8) is 0 Å². The molecular weight excluding hydrogens is 322 g/mol. The van der Waals surface area contributed by atoms with Gasteiger partial charge in [0.1, 0.15) is 5.75 Å². The van der Waals surface area contributed by atoms with E-state index < -0.39 is 0 Å². The van der Waals surface area contributed by atoms with Crippen LogP contribution in [0.15, 0.2) is 41.0 Å². The van der Waals surface area contributed by atoms with E-state index in [1.165, 1.54) is 0 Å². The van der Waals surface area contributed by atoms with Gasteiger partial charge in [-0.1, -0.05) is 0 Å². The number of carbonyl (C=O) groups excluding carboxylic acids is 1. The second kappa shape index (κ2) is 6.52. The molecule has 0 amide bonds. The topological polar surface area (TPSA) is 48.4 Å². The molecule has 0 atom stereocenters. The predicted molar refractivity (Wildman–Crippen MR) is 79.1 cm³/mol. The van der Waals surface area contributed by atoms with Gasteiger partial charge in [-0.15, -0.1) is 0 Å². The quantitative estimate of drug-likeness (QED) is 0.788. The lowest BCUT2D eigenvalue weighted by Gasteiger charge is -2.08. The van der Waals surface area contributed by atoms with Crippen molar-refractivity contribution in [3.8, 4) is 11.6 Å². The van der Waals surface area contributed by atoms with Crippen LogP contribution in [0.25, 0.3) is 0 Å². The van der Waals surface area contributed by atoms with E-state index in [9.17, 15) is 4.79 Å². The number of rotatable bonds is 4. The first-order valence-electron chi connectivity index (χ1n) is 6.17. The summed E-state index contributed by atoms with van der Waals surface area (Å²) in [4.78, 5) is 15.7. The zero-order chi connectivity index (χ0) is 14.5. The average Bonchev–Trinajstić information content (AvgIpc) is 2.43. The summed E-state index contributed by atoms with van der Waals surface area (Å²) >= 11 is 3.40. The number of halogens is 1. The Hall–Kier alpha value is -1.88. The molecule has 0 radical (unpaired) electrons. The third-order valence-electron chi connectivity index (χ3n) is 2.52. The van der Waals surface area contributed by atoms with E-state index in [0.717, 1.165) is 10.0 Å². The van der Waals surface area contributed by atoms with Crippen molar-refractivity contribution in [1.29, 1.82) is 0 Å². The van der Waals surface area contributed by atoms with Crippen LogP contribution in [0.4, 0.5) is 0 Å². The summed E-state index contributed by atoms with van der Waals surface area (Å²) in [5.74, 6) is 0.753. The van der Waals surface area contributed by atoms with Crippen molar-refractivity contribution < 1.29 is 14.3 Å². The molecule has 0 aliphatic heterocycles. The van der Waals surface area contributed by atoms with E-state index in [1.54, 1.807) is 37.4 Å². The van der Waals surface area contributed by atoms with Crippen LogP contribution in [0, 0.1) is 6.92 Å². The van der Waals surface area contributed by atoms with Gasteiger partial charge in [0.15, 0.2) is 0 Å². The fraction of sp³-hybridized carbons (Fsp3) is 0.200. The highest BCUT2D eigenvalue weighted by molar-refractivity contribution is 9.10. The minimum atomic E-state index is -0.339. The van der Waals surface area contributed by atoms with Gasteiger partial charge < -0.3 is 9.47 Å². The Bertz CT molecular complexity index is 611. The van der Waals surface area contributed by atoms with Crippen LogP contribution in [0.2, 0.25) is 0 Å². The van der Waals surface area contributed by atoms with Crippen molar-refractivity contribution in [2.75, 3.05) is 6.61 Å². The van der Waals surface area contributed by atoms with Crippen LogP contribution in [0.3, 0.4) is 0 Å². The average molecular weight is 336 g/mol. The van der Waals surface area contributed by atoms with Gasteiger partial charge in [-0.05, 0) is 65.7 Å². The Kier molecular flexibility index (Phi) is 4.74. The van der Waals surface area contributed by atoms with Crippen LogP contribution in [-0.2, 0) is 4.74 Å². The monoisotopic (exact) mass is 335 g/mol. The Morgan fingerprint density at radius 3 is 2.60 bits per heavy atom. The second-order valence-electron chi connectivity index (χ2n) is 4.15. The number of esters is 1. The maximum Gasteiger partial charge on any atom is 0.338 e. The normalized spacial score (nSPS) is 10.2. The number of hydrogen-bond acceptors (Lipinski definition) is 4. The molecule has 1 aromatic heterocycles. The predicted octanol–water partition coefficient (Wildman–Crippen LogP) is 4.12. The summed E-state index contributed by atoms with van der Waals surface area (Å²) < 4.78 is 11.4. The highest BCUT2D eigenvalue weighted by Crippen LogP contribution is 2.28. The summed E-state index contributed by atoms with van der Waals surface area (Å²) in [5, 5.41) is 0. The standard InChI is InChI=1S/C15H14BrNO3/c1-3-19-15(18)11-4-6-12(7-5-11)20-14-13(16)8-10(2)9-17-14/h4-9H,3H2,1-2H3. The minimum absolute atomic E-state index is 0.339. The third kappa shape index (κ3) is 3.57. The number of carbonyl (C=O) groups is 1. The molecule has 0 spiro atoms. The van der Waals surface area contributed by atoms with Gasteiger partial charge in [-0.25, -0.2) is 9.78 Å². The first-order valence-corrected chi connectivity index (χ1v) is 6.96. The summed E-state index contributed by atoms with van der Waals surface area (Å²) in [6.07, 6.45) is 1.73. The molecule has 20 heavy (non-hydrogen) atoms. The van der Waals surface area contributed by atoms with E-state index in [0.29, 0.717) is 23.8 Å². The summed E-state index contributed by atoms with van der Waals surface area (Å²) in [5.41, 5.74) is 1.54. The third-order valence-corrected chi connectivity index (χ3v) is 3.09. The Balaban J connectivity index is 2.12. The van der Waals surface area contributed by atoms with Gasteiger partial charge >= 0.3 is 5.97 Å². The summed E-state index contributed by atoms with van der Waals surface area (Å²) in [7, 11) is 0. The number of hydrogen-bond donors (Lipinski definition) is 0. The smallest absolute Gasteiger partial charge is 0.338 e. The molecule has 0 unspecified atom stereocenters. The molecule has 4 nitrogen and oxygen atoms in total. The van der Waals surface area contributed by atoms with Gasteiger partial charge in [0.2, 0.25) is 5.88 Å². The number of pyridine rings is 1. The molecule has 0 aliphatic rings. The number of benzene rings is 1. The van der Waals surface area contributed by atoms with Gasteiger partial charge in [-0.2, -0.15) is 0 Å². The van der Waals surface area contributed by atoms with Gasteiger partial charge in [-0.3, -0.25) is 0 Å². The van der Waals surface area contributed by atoms with E-state index in [2.05, 4.69) is 20.9 Å². The van der Waals surface area contributed by atoms with Gasteiger partial charge in [0.25, 0.3) is 0 Å². The zero-order valence-corrected chi connectivity index (χ0v) is 12.8.